The number of rotatable bonds is 6. The number of hydrazone groups is 1. The fraction of sp³-hybridized carbons (Fsp3) is 0.235. The quantitative estimate of drug-likeness (QED) is 0.227. The van der Waals surface area contributed by atoms with Crippen molar-refractivity contribution >= 4 is 51.6 Å². The Morgan fingerprint density at radius 2 is 1.40 bits per heavy atom. The van der Waals surface area contributed by atoms with E-state index in [1.54, 1.807) is 18.7 Å². The van der Waals surface area contributed by atoms with Crippen LogP contribution in [0.4, 0.5) is 5.69 Å². The van der Waals surface area contributed by atoms with E-state index in [0.717, 1.165) is 29.7 Å². The maximum Gasteiger partial charge on any atom is 0.187 e. The summed E-state index contributed by atoms with van der Waals surface area (Å²) in [6.45, 7) is 7.98. The second-order valence-electron chi connectivity index (χ2n) is 10.3. The number of hydrogen-bond acceptors (Lipinski definition) is 5. The van der Waals surface area contributed by atoms with Gasteiger partial charge in [-0.25, -0.2) is 5.01 Å². The van der Waals surface area contributed by atoms with Gasteiger partial charge < -0.3 is 0 Å². The van der Waals surface area contributed by atoms with Crippen LogP contribution in [-0.2, 0) is 26.6 Å². The minimum Gasteiger partial charge on any atom is -0.292 e. The molecule has 202 valence electrons. The summed E-state index contributed by atoms with van der Waals surface area (Å²) >= 11 is 10.0. The molecule has 0 N–H and O–H groups in total. The topological polar surface area (TPSA) is 32.7 Å². The van der Waals surface area contributed by atoms with Gasteiger partial charge >= 0.3 is 0 Å². The van der Waals surface area contributed by atoms with Crippen LogP contribution in [-0.4, -0.2) is 10.8 Å². The third-order valence-electron chi connectivity index (χ3n) is 7.95. The number of hydrogen-bond donors (Lipinski definition) is 0. The Bertz CT molecular complexity index is 1580. The Kier molecular flexibility index (Phi) is 7.10. The molecule has 1 unspecified atom stereocenters. The number of thioether (sulfide) groups is 2. The van der Waals surface area contributed by atoms with Crippen LogP contribution in [0.15, 0.2) is 96.1 Å². The molecule has 2 aliphatic heterocycles. The molecule has 1 spiro atoms. The Balaban J connectivity index is 1.65. The first kappa shape index (κ1) is 27.2. The highest BCUT2D eigenvalue weighted by Gasteiger charge is 2.61. The Labute approximate surface area is 250 Å². The van der Waals surface area contributed by atoms with Gasteiger partial charge in [-0.1, -0.05) is 128 Å². The van der Waals surface area contributed by atoms with Crippen molar-refractivity contribution < 1.29 is 4.79 Å². The summed E-state index contributed by atoms with van der Waals surface area (Å²) in [4.78, 5) is 12.9. The summed E-state index contributed by atoms with van der Waals surface area (Å²) in [7, 11) is 0. The molecule has 6 rings (SSSR count). The number of anilines is 1. The highest BCUT2D eigenvalue weighted by atomic mass is 35.5. The molecule has 0 saturated carbocycles. The zero-order valence-corrected chi connectivity index (χ0v) is 25.5. The number of Topliss-reactive ketones (excluding diaryl/α,β-unsaturated/α-hetero) is 1. The van der Waals surface area contributed by atoms with Crippen molar-refractivity contribution in [3.8, 4) is 0 Å². The third kappa shape index (κ3) is 4.13. The molecule has 1 atom stereocenters. The van der Waals surface area contributed by atoms with E-state index in [4.69, 9.17) is 16.7 Å². The van der Waals surface area contributed by atoms with Gasteiger partial charge in [0, 0.05) is 17.5 Å². The van der Waals surface area contributed by atoms with E-state index in [0.29, 0.717) is 10.1 Å². The third-order valence-corrected chi connectivity index (χ3v) is 11.8. The smallest absolute Gasteiger partial charge is 0.187 e. The van der Waals surface area contributed by atoms with Crippen molar-refractivity contribution in [2.24, 2.45) is 5.10 Å². The maximum atomic E-state index is 12.9. The van der Waals surface area contributed by atoms with Gasteiger partial charge in [0.25, 0.3) is 0 Å². The first-order valence-electron chi connectivity index (χ1n) is 13.7. The summed E-state index contributed by atoms with van der Waals surface area (Å²) in [6.07, 6.45) is 1.97. The van der Waals surface area contributed by atoms with Gasteiger partial charge in [-0.3, -0.25) is 4.79 Å². The number of halogens is 1. The van der Waals surface area contributed by atoms with Crippen molar-refractivity contribution in [2.75, 3.05) is 5.01 Å². The average Bonchev–Trinajstić information content (AvgIpc) is 3.52. The number of carbonyl (C=O) groups is 1. The fourth-order valence-electron chi connectivity index (χ4n) is 5.69. The van der Waals surface area contributed by atoms with E-state index in [1.165, 1.54) is 27.8 Å². The van der Waals surface area contributed by atoms with E-state index < -0.39 is 8.95 Å². The van der Waals surface area contributed by atoms with E-state index in [-0.39, 0.29) is 5.78 Å². The number of ketones is 1. The standard InChI is InChI=1S/C34H31ClN2OS2/c1-5-24-14-18-26(19-15-24)33(27-20-16-25(6-2)17-21-27)28-10-7-8-11-29(28)34(40-33)37(36-32(39-34)23(4)38)31-13-9-12-30(35)22(31)3/h7-21H,5-6H2,1-4H3. The Morgan fingerprint density at radius 3 is 1.95 bits per heavy atom. The zero-order valence-electron chi connectivity index (χ0n) is 23.1. The highest BCUT2D eigenvalue weighted by Crippen LogP contribution is 2.71. The molecule has 40 heavy (non-hydrogen) atoms. The van der Waals surface area contributed by atoms with Crippen LogP contribution >= 0.6 is 35.1 Å². The molecule has 0 bridgehead atoms. The van der Waals surface area contributed by atoms with E-state index >= 15 is 0 Å². The summed E-state index contributed by atoms with van der Waals surface area (Å²) < 4.78 is -1.23. The van der Waals surface area contributed by atoms with Gasteiger partial charge in [-0.15, -0.1) is 0 Å². The zero-order chi connectivity index (χ0) is 28.1. The first-order chi connectivity index (χ1) is 19.3. The van der Waals surface area contributed by atoms with E-state index in [9.17, 15) is 4.79 Å². The van der Waals surface area contributed by atoms with Crippen LogP contribution in [0.2, 0.25) is 5.02 Å². The van der Waals surface area contributed by atoms with Crippen molar-refractivity contribution in [2.45, 2.75) is 49.5 Å². The molecular formula is C34H31ClN2OS2. The number of aryl methyl sites for hydroxylation is 2. The van der Waals surface area contributed by atoms with Crippen LogP contribution in [0.1, 0.15) is 59.7 Å². The first-order valence-corrected chi connectivity index (χ1v) is 15.7. The second kappa shape index (κ2) is 10.4. The normalized spacial score (nSPS) is 19.1. The minimum absolute atomic E-state index is 0.0401. The maximum absolute atomic E-state index is 12.9. The molecule has 0 amide bonds. The van der Waals surface area contributed by atoms with Gasteiger partial charge in [0.2, 0.25) is 0 Å². The van der Waals surface area contributed by atoms with Gasteiger partial charge in [0.05, 0.1) is 10.4 Å². The molecule has 2 heterocycles. The van der Waals surface area contributed by atoms with Crippen LogP contribution in [0, 0.1) is 6.92 Å². The number of nitrogens with zero attached hydrogens (tertiary/aromatic N) is 2. The predicted molar refractivity (Wildman–Crippen MR) is 172 cm³/mol. The van der Waals surface area contributed by atoms with Crippen molar-refractivity contribution in [3.63, 3.8) is 0 Å². The molecule has 0 saturated heterocycles. The van der Waals surface area contributed by atoms with Crippen molar-refractivity contribution in [3.05, 3.63) is 135 Å². The molecule has 2 aliphatic rings. The fourth-order valence-corrected chi connectivity index (χ4v) is 9.41. The summed E-state index contributed by atoms with van der Waals surface area (Å²) in [6, 6.07) is 32.6. The van der Waals surface area contributed by atoms with Crippen LogP contribution in [0.3, 0.4) is 0 Å². The molecule has 4 aromatic carbocycles. The largest absolute Gasteiger partial charge is 0.292 e. The van der Waals surface area contributed by atoms with Gasteiger partial charge in [-0.2, -0.15) is 5.10 Å². The molecule has 3 nitrogen and oxygen atoms in total. The molecule has 6 heteroatoms. The van der Waals surface area contributed by atoms with Gasteiger partial charge in [0.1, 0.15) is 0 Å². The minimum atomic E-state index is -0.708. The summed E-state index contributed by atoms with van der Waals surface area (Å²) in [5.74, 6) is -0.0401. The molecule has 0 fully saturated rings. The highest BCUT2D eigenvalue weighted by molar-refractivity contribution is 8.27. The number of benzene rings is 4. The molecular weight excluding hydrogens is 552 g/mol. The lowest BCUT2D eigenvalue weighted by Gasteiger charge is -2.37. The lowest BCUT2D eigenvalue weighted by Crippen LogP contribution is -2.34. The average molecular weight is 583 g/mol. The predicted octanol–water partition coefficient (Wildman–Crippen LogP) is 9.08. The summed E-state index contributed by atoms with van der Waals surface area (Å²) in [5.41, 5.74) is 9.23. The van der Waals surface area contributed by atoms with Crippen molar-refractivity contribution in [1.82, 2.24) is 0 Å². The van der Waals surface area contributed by atoms with Crippen LogP contribution in [0.5, 0.6) is 0 Å². The number of carbonyl (C=O) groups excluding carboxylic acids is 1. The Hall–Kier alpha value is -2.99. The van der Waals surface area contributed by atoms with Crippen LogP contribution in [0.25, 0.3) is 0 Å². The lowest BCUT2D eigenvalue weighted by molar-refractivity contribution is -0.110. The second-order valence-corrected chi connectivity index (χ2v) is 13.5. The Morgan fingerprint density at radius 1 is 0.825 bits per heavy atom. The monoisotopic (exact) mass is 582 g/mol. The van der Waals surface area contributed by atoms with Crippen LogP contribution < -0.4 is 5.01 Å². The van der Waals surface area contributed by atoms with Crippen molar-refractivity contribution in [1.29, 1.82) is 0 Å². The molecule has 0 radical (unpaired) electrons. The van der Waals surface area contributed by atoms with Gasteiger partial charge in [-0.05, 0) is 65.3 Å². The molecule has 0 aliphatic carbocycles. The summed E-state index contributed by atoms with van der Waals surface area (Å²) in [5, 5.41) is 8.21. The van der Waals surface area contributed by atoms with E-state index in [1.807, 2.05) is 41.9 Å². The number of fused-ring (bicyclic) bond motifs is 2. The SMILES string of the molecule is CCc1ccc(C2(c3ccc(CC)cc3)SC3(SC(C(C)=O)=NN3c3cccc(Cl)c3C)c3ccccc32)cc1. The van der Waals surface area contributed by atoms with E-state index in [2.05, 4.69) is 86.6 Å². The molecule has 0 aromatic heterocycles. The lowest BCUT2D eigenvalue weighted by atomic mass is 9.81. The molecule has 4 aromatic rings. The van der Waals surface area contributed by atoms with Gasteiger partial charge in [0.15, 0.2) is 15.0 Å².